The highest BCUT2D eigenvalue weighted by Crippen LogP contribution is 2.42. The number of rotatable bonds is 9. The highest BCUT2D eigenvalue weighted by Gasteiger charge is 2.30. The zero-order valence-corrected chi connectivity index (χ0v) is 20.2. The van der Waals surface area contributed by atoms with Crippen molar-refractivity contribution >= 4 is 0 Å². The molecule has 0 unspecified atom stereocenters. The number of hydrogen-bond donors (Lipinski definition) is 0. The molecule has 2 fully saturated rings. The van der Waals surface area contributed by atoms with Crippen molar-refractivity contribution < 1.29 is 4.39 Å². The Labute approximate surface area is 191 Å². The number of hydrogen-bond acceptors (Lipinski definition) is 0. The number of halogens is 1. The molecule has 0 saturated heterocycles. The fraction of sp³-hybridized carbons (Fsp3) is 0.733. The fourth-order valence-corrected chi connectivity index (χ4v) is 6.00. The van der Waals surface area contributed by atoms with Crippen LogP contribution in [0.5, 0.6) is 0 Å². The fourth-order valence-electron chi connectivity index (χ4n) is 6.00. The Hall–Kier alpha value is -1.29. The standard InChI is InChI=1S/C30H45F/c1-3-5-6-7-8-10-24-13-18-27(19-14-24)28-20-15-25(16-21-28)11-12-26-17-22-29(9-4-2)30(31)23-26/h17,22-25,27-28H,3-10,13-16,18-21H2,1-2H3. The van der Waals surface area contributed by atoms with E-state index < -0.39 is 0 Å². The zero-order chi connectivity index (χ0) is 21.9. The first-order chi connectivity index (χ1) is 15.2. The molecule has 2 saturated carbocycles. The lowest BCUT2D eigenvalue weighted by Gasteiger charge is -2.37. The van der Waals surface area contributed by atoms with Crippen LogP contribution in [-0.4, -0.2) is 0 Å². The molecule has 31 heavy (non-hydrogen) atoms. The maximum absolute atomic E-state index is 14.1. The number of benzene rings is 1. The van der Waals surface area contributed by atoms with Gasteiger partial charge in [0.25, 0.3) is 0 Å². The molecule has 172 valence electrons. The lowest BCUT2D eigenvalue weighted by atomic mass is 9.69. The van der Waals surface area contributed by atoms with Crippen molar-refractivity contribution in [3.05, 3.63) is 35.1 Å². The number of aryl methyl sites for hydroxylation is 1. The Morgan fingerprint density at radius 2 is 1.48 bits per heavy atom. The van der Waals surface area contributed by atoms with Crippen molar-refractivity contribution in [2.45, 2.75) is 117 Å². The van der Waals surface area contributed by atoms with E-state index in [1.54, 1.807) is 6.07 Å². The Morgan fingerprint density at radius 1 is 0.806 bits per heavy atom. The van der Waals surface area contributed by atoms with E-state index >= 15 is 0 Å². The van der Waals surface area contributed by atoms with Gasteiger partial charge in [-0.05, 0) is 80.4 Å². The molecule has 0 aliphatic heterocycles. The van der Waals surface area contributed by atoms with Gasteiger partial charge in [-0.25, -0.2) is 4.39 Å². The minimum absolute atomic E-state index is 0.0890. The summed E-state index contributed by atoms with van der Waals surface area (Å²) < 4.78 is 14.1. The van der Waals surface area contributed by atoms with Gasteiger partial charge >= 0.3 is 0 Å². The molecular formula is C30H45F. The minimum atomic E-state index is -0.0890. The highest BCUT2D eigenvalue weighted by molar-refractivity contribution is 5.37. The summed E-state index contributed by atoms with van der Waals surface area (Å²) >= 11 is 0. The van der Waals surface area contributed by atoms with Gasteiger partial charge in [-0.1, -0.05) is 89.5 Å². The molecule has 1 aromatic carbocycles. The molecule has 3 rings (SSSR count). The lowest BCUT2D eigenvalue weighted by Crippen LogP contribution is -2.25. The maximum Gasteiger partial charge on any atom is 0.127 e. The Bertz CT molecular complexity index is 693. The molecule has 2 aliphatic rings. The third-order valence-corrected chi connectivity index (χ3v) is 8.04. The molecule has 0 spiro atoms. The van der Waals surface area contributed by atoms with E-state index in [-0.39, 0.29) is 5.82 Å². The summed E-state index contributed by atoms with van der Waals surface area (Å²) in [6.45, 7) is 4.39. The van der Waals surface area contributed by atoms with E-state index in [4.69, 9.17) is 0 Å². The SMILES string of the molecule is CCCCCCCC1CCC(C2CCC(C#Cc3ccc(CCC)c(F)c3)CC2)CC1. The molecule has 0 aromatic heterocycles. The van der Waals surface area contributed by atoms with Crippen LogP contribution in [0.3, 0.4) is 0 Å². The van der Waals surface area contributed by atoms with Crippen LogP contribution < -0.4 is 0 Å². The van der Waals surface area contributed by atoms with Crippen LogP contribution in [0, 0.1) is 41.3 Å². The van der Waals surface area contributed by atoms with Crippen molar-refractivity contribution in [2.75, 3.05) is 0 Å². The summed E-state index contributed by atoms with van der Waals surface area (Å²) in [5, 5.41) is 0. The van der Waals surface area contributed by atoms with Crippen LogP contribution in [0.15, 0.2) is 18.2 Å². The van der Waals surface area contributed by atoms with Crippen LogP contribution in [0.1, 0.15) is 121 Å². The molecular weight excluding hydrogens is 379 g/mol. The molecule has 0 radical (unpaired) electrons. The molecule has 0 heterocycles. The molecule has 1 aromatic rings. The molecule has 0 bridgehead atoms. The molecule has 0 nitrogen and oxygen atoms in total. The summed E-state index contributed by atoms with van der Waals surface area (Å²) in [7, 11) is 0. The van der Waals surface area contributed by atoms with Gasteiger partial charge in [0.1, 0.15) is 5.82 Å². The average Bonchev–Trinajstić information content (AvgIpc) is 2.80. The molecule has 0 amide bonds. The zero-order valence-electron chi connectivity index (χ0n) is 20.2. The normalized spacial score (nSPS) is 26.3. The average molecular weight is 425 g/mol. The third kappa shape index (κ3) is 7.97. The predicted octanol–water partition coefficient (Wildman–Crippen LogP) is 9.10. The van der Waals surface area contributed by atoms with E-state index in [1.807, 2.05) is 12.1 Å². The Kier molecular flexibility index (Phi) is 10.5. The van der Waals surface area contributed by atoms with Crippen LogP contribution in [-0.2, 0) is 6.42 Å². The van der Waals surface area contributed by atoms with Gasteiger partial charge in [0.15, 0.2) is 0 Å². The van der Waals surface area contributed by atoms with Crippen molar-refractivity contribution in [3.8, 4) is 11.8 Å². The molecule has 2 aliphatic carbocycles. The Morgan fingerprint density at radius 3 is 2.13 bits per heavy atom. The van der Waals surface area contributed by atoms with Crippen LogP contribution in [0.2, 0.25) is 0 Å². The van der Waals surface area contributed by atoms with E-state index in [0.29, 0.717) is 5.92 Å². The molecule has 0 N–H and O–H groups in total. The van der Waals surface area contributed by atoms with Crippen LogP contribution >= 0.6 is 0 Å². The monoisotopic (exact) mass is 424 g/mol. The Balaban J connectivity index is 1.36. The second-order valence-electron chi connectivity index (χ2n) is 10.4. The summed E-state index contributed by atoms with van der Waals surface area (Å²) in [5.41, 5.74) is 1.66. The van der Waals surface area contributed by atoms with Gasteiger partial charge in [0.2, 0.25) is 0 Å². The molecule has 1 heteroatoms. The van der Waals surface area contributed by atoms with Gasteiger partial charge in [0.05, 0.1) is 0 Å². The van der Waals surface area contributed by atoms with Crippen molar-refractivity contribution in [3.63, 3.8) is 0 Å². The third-order valence-electron chi connectivity index (χ3n) is 8.04. The van der Waals surface area contributed by atoms with Gasteiger partial charge in [-0.2, -0.15) is 0 Å². The van der Waals surface area contributed by atoms with Crippen molar-refractivity contribution in [2.24, 2.45) is 23.7 Å². The van der Waals surface area contributed by atoms with Crippen LogP contribution in [0.25, 0.3) is 0 Å². The predicted molar refractivity (Wildman–Crippen MR) is 132 cm³/mol. The topological polar surface area (TPSA) is 0 Å². The van der Waals surface area contributed by atoms with Crippen LogP contribution in [0.4, 0.5) is 4.39 Å². The van der Waals surface area contributed by atoms with Gasteiger partial charge in [-0.15, -0.1) is 0 Å². The largest absolute Gasteiger partial charge is 0.207 e. The van der Waals surface area contributed by atoms with Gasteiger partial charge in [-0.3, -0.25) is 0 Å². The minimum Gasteiger partial charge on any atom is -0.207 e. The second kappa shape index (κ2) is 13.3. The first-order valence-corrected chi connectivity index (χ1v) is 13.5. The van der Waals surface area contributed by atoms with E-state index in [9.17, 15) is 4.39 Å². The lowest BCUT2D eigenvalue weighted by molar-refractivity contribution is 0.153. The van der Waals surface area contributed by atoms with Crippen molar-refractivity contribution in [1.82, 2.24) is 0 Å². The quantitative estimate of drug-likeness (QED) is 0.274. The van der Waals surface area contributed by atoms with Crippen molar-refractivity contribution in [1.29, 1.82) is 0 Å². The van der Waals surface area contributed by atoms with E-state index in [1.165, 1.54) is 89.9 Å². The van der Waals surface area contributed by atoms with E-state index in [0.717, 1.165) is 41.7 Å². The van der Waals surface area contributed by atoms with E-state index in [2.05, 4.69) is 25.7 Å². The van der Waals surface area contributed by atoms with Gasteiger partial charge in [0, 0.05) is 11.5 Å². The summed E-state index contributed by atoms with van der Waals surface area (Å²) in [5.74, 6) is 10.1. The highest BCUT2D eigenvalue weighted by atomic mass is 19.1. The molecule has 0 atom stereocenters. The van der Waals surface area contributed by atoms with Gasteiger partial charge < -0.3 is 0 Å². The maximum atomic E-state index is 14.1. The smallest absolute Gasteiger partial charge is 0.127 e. The second-order valence-corrected chi connectivity index (χ2v) is 10.4. The summed E-state index contributed by atoms with van der Waals surface area (Å²) in [6.07, 6.45) is 21.5. The first kappa shape index (κ1) is 24.4. The number of unbranched alkanes of at least 4 members (excludes halogenated alkanes) is 4. The summed E-state index contributed by atoms with van der Waals surface area (Å²) in [4.78, 5) is 0. The first-order valence-electron chi connectivity index (χ1n) is 13.5. The summed E-state index contributed by atoms with van der Waals surface area (Å²) in [6, 6.07) is 5.54.